The van der Waals surface area contributed by atoms with Gasteiger partial charge in [0.05, 0.1) is 31.5 Å². The topological polar surface area (TPSA) is 46.2 Å². The van der Waals surface area contributed by atoms with Crippen molar-refractivity contribution in [1.82, 2.24) is 0 Å². The lowest BCUT2D eigenvalue weighted by Gasteiger charge is -2.27. The van der Waals surface area contributed by atoms with Crippen molar-refractivity contribution in [1.29, 1.82) is 0 Å². The first-order chi connectivity index (χ1) is 13.8. The zero-order valence-electron chi connectivity index (χ0n) is 20.6. The van der Waals surface area contributed by atoms with Gasteiger partial charge in [-0.3, -0.25) is 0 Å². The van der Waals surface area contributed by atoms with E-state index >= 15 is 0 Å². The highest BCUT2D eigenvalue weighted by Crippen LogP contribution is 2.15. The molecule has 5 heteroatoms. The normalized spacial score (nSPS) is 16.3. The molecule has 0 amide bonds. The Morgan fingerprint density at radius 2 is 1.31 bits per heavy atom. The molecule has 0 saturated heterocycles. The van der Waals surface area contributed by atoms with Crippen LogP contribution in [0.4, 0.5) is 0 Å². The third-order valence-corrected chi connectivity index (χ3v) is 4.68. The average molecular weight is 419 g/mol. The number of rotatable bonds is 20. The van der Waals surface area contributed by atoms with Crippen LogP contribution in [0, 0.1) is 11.8 Å². The van der Waals surface area contributed by atoms with Crippen LogP contribution >= 0.6 is 0 Å². The van der Waals surface area contributed by atoms with E-state index in [0.717, 1.165) is 38.9 Å². The van der Waals surface area contributed by atoms with Gasteiger partial charge in [-0.25, -0.2) is 0 Å². The van der Waals surface area contributed by atoms with Crippen molar-refractivity contribution in [3.05, 3.63) is 0 Å². The SMILES string of the molecule is CCCOC(COCCCOC(C)C(OCCC)C(C)C)COC(C)CC(C)C. The van der Waals surface area contributed by atoms with Crippen molar-refractivity contribution in [2.24, 2.45) is 11.8 Å². The van der Waals surface area contributed by atoms with Crippen LogP contribution in [-0.4, -0.2) is 64.1 Å². The minimum Gasteiger partial charge on any atom is -0.379 e. The Labute approximate surface area is 181 Å². The Morgan fingerprint density at radius 1 is 0.655 bits per heavy atom. The fourth-order valence-corrected chi connectivity index (χ4v) is 3.30. The molecule has 176 valence electrons. The van der Waals surface area contributed by atoms with Gasteiger partial charge in [-0.1, -0.05) is 41.5 Å². The maximum atomic E-state index is 5.99. The zero-order chi connectivity index (χ0) is 22.1. The maximum Gasteiger partial charge on any atom is 0.104 e. The Balaban J connectivity index is 4.05. The van der Waals surface area contributed by atoms with E-state index in [1.165, 1.54) is 0 Å². The van der Waals surface area contributed by atoms with Gasteiger partial charge in [0.15, 0.2) is 0 Å². The van der Waals surface area contributed by atoms with Crippen LogP contribution in [0.1, 0.15) is 81.1 Å². The van der Waals surface area contributed by atoms with Gasteiger partial charge < -0.3 is 23.7 Å². The van der Waals surface area contributed by atoms with E-state index in [-0.39, 0.29) is 24.4 Å². The van der Waals surface area contributed by atoms with Crippen molar-refractivity contribution in [3.8, 4) is 0 Å². The molecule has 0 radical (unpaired) electrons. The summed E-state index contributed by atoms with van der Waals surface area (Å²) in [6, 6.07) is 0. The third kappa shape index (κ3) is 16.2. The van der Waals surface area contributed by atoms with Crippen LogP contribution < -0.4 is 0 Å². The smallest absolute Gasteiger partial charge is 0.104 e. The Morgan fingerprint density at radius 3 is 1.90 bits per heavy atom. The van der Waals surface area contributed by atoms with Gasteiger partial charge in [-0.05, 0) is 51.4 Å². The van der Waals surface area contributed by atoms with Crippen LogP contribution in [0.3, 0.4) is 0 Å². The second-order valence-corrected chi connectivity index (χ2v) is 8.85. The van der Waals surface area contributed by atoms with Crippen LogP contribution in [0.25, 0.3) is 0 Å². The molecule has 0 aliphatic carbocycles. The summed E-state index contributed by atoms with van der Waals surface area (Å²) in [6.07, 6.45) is 4.46. The van der Waals surface area contributed by atoms with Gasteiger partial charge in [-0.15, -0.1) is 0 Å². The molecule has 0 N–H and O–H groups in total. The molecule has 4 atom stereocenters. The second-order valence-electron chi connectivity index (χ2n) is 8.85. The van der Waals surface area contributed by atoms with Gasteiger partial charge in [0.25, 0.3) is 0 Å². The Kier molecular flexibility index (Phi) is 18.4. The summed E-state index contributed by atoms with van der Waals surface area (Å²) >= 11 is 0. The summed E-state index contributed by atoms with van der Waals surface area (Å²) in [6.45, 7) is 21.3. The highest BCUT2D eigenvalue weighted by molar-refractivity contribution is 4.70. The van der Waals surface area contributed by atoms with E-state index in [1.54, 1.807) is 0 Å². The maximum absolute atomic E-state index is 5.99. The monoisotopic (exact) mass is 418 g/mol. The summed E-state index contributed by atoms with van der Waals surface area (Å²) in [5, 5.41) is 0. The molecule has 4 unspecified atom stereocenters. The molecule has 0 aromatic carbocycles. The van der Waals surface area contributed by atoms with Gasteiger partial charge in [0.2, 0.25) is 0 Å². The van der Waals surface area contributed by atoms with E-state index in [2.05, 4.69) is 55.4 Å². The van der Waals surface area contributed by atoms with E-state index in [4.69, 9.17) is 23.7 Å². The number of ether oxygens (including phenoxy) is 5. The van der Waals surface area contributed by atoms with Gasteiger partial charge in [0.1, 0.15) is 6.10 Å². The van der Waals surface area contributed by atoms with Crippen molar-refractivity contribution in [2.75, 3.05) is 39.6 Å². The molecule has 0 aliphatic heterocycles. The second kappa shape index (κ2) is 18.6. The van der Waals surface area contributed by atoms with Gasteiger partial charge in [-0.2, -0.15) is 0 Å². The van der Waals surface area contributed by atoms with Crippen LogP contribution in [-0.2, 0) is 23.7 Å². The van der Waals surface area contributed by atoms with Crippen LogP contribution in [0.5, 0.6) is 0 Å². The first-order valence-corrected chi connectivity index (χ1v) is 11.9. The fraction of sp³-hybridized carbons (Fsp3) is 1.00. The first kappa shape index (κ1) is 28.8. The fourth-order valence-electron chi connectivity index (χ4n) is 3.30. The lowest BCUT2D eigenvalue weighted by Crippen LogP contribution is -2.34. The Hall–Kier alpha value is -0.200. The standard InChI is InChI=1S/C24H50O5/c1-9-12-27-23(18-29-21(7)16-19(3)4)17-25-14-11-15-26-22(8)24(20(5)6)28-13-10-2/h19-24H,9-18H2,1-8H3. The molecule has 0 rings (SSSR count). The van der Waals surface area contributed by atoms with Crippen LogP contribution in [0.15, 0.2) is 0 Å². The minimum atomic E-state index is -0.00262. The summed E-state index contributed by atoms with van der Waals surface area (Å²) < 4.78 is 29.6. The molecule has 0 aromatic heterocycles. The quantitative estimate of drug-likeness (QED) is 0.244. The lowest BCUT2D eigenvalue weighted by atomic mass is 10.0. The molecule has 0 bridgehead atoms. The van der Waals surface area contributed by atoms with Crippen molar-refractivity contribution in [3.63, 3.8) is 0 Å². The summed E-state index contributed by atoms with van der Waals surface area (Å²) in [5.74, 6) is 1.09. The molecule has 0 aliphatic rings. The molecule has 29 heavy (non-hydrogen) atoms. The number of hydrogen-bond donors (Lipinski definition) is 0. The Bertz CT molecular complexity index is 348. The van der Waals surface area contributed by atoms with E-state index in [0.29, 0.717) is 38.3 Å². The highest BCUT2D eigenvalue weighted by atomic mass is 16.6. The molecule has 0 fully saturated rings. The largest absolute Gasteiger partial charge is 0.379 e. The minimum absolute atomic E-state index is 0.00262. The lowest BCUT2D eigenvalue weighted by molar-refractivity contribution is -0.0929. The van der Waals surface area contributed by atoms with Crippen molar-refractivity contribution in [2.45, 2.75) is 105 Å². The molecular weight excluding hydrogens is 368 g/mol. The predicted octanol–water partition coefficient (Wildman–Crippen LogP) is 5.50. The summed E-state index contributed by atoms with van der Waals surface area (Å²) in [5.41, 5.74) is 0. The zero-order valence-corrected chi connectivity index (χ0v) is 20.6. The summed E-state index contributed by atoms with van der Waals surface area (Å²) in [4.78, 5) is 0. The average Bonchev–Trinajstić information content (AvgIpc) is 2.65. The van der Waals surface area contributed by atoms with Gasteiger partial charge in [0, 0.05) is 26.4 Å². The predicted molar refractivity (Wildman–Crippen MR) is 121 cm³/mol. The highest BCUT2D eigenvalue weighted by Gasteiger charge is 2.22. The van der Waals surface area contributed by atoms with Crippen LogP contribution in [0.2, 0.25) is 0 Å². The number of hydrogen-bond acceptors (Lipinski definition) is 5. The van der Waals surface area contributed by atoms with Crippen molar-refractivity contribution >= 4 is 0 Å². The first-order valence-electron chi connectivity index (χ1n) is 11.9. The summed E-state index contributed by atoms with van der Waals surface area (Å²) in [7, 11) is 0. The molecule has 0 saturated carbocycles. The molecular formula is C24H50O5. The van der Waals surface area contributed by atoms with E-state index < -0.39 is 0 Å². The molecule has 0 aromatic rings. The van der Waals surface area contributed by atoms with E-state index in [9.17, 15) is 0 Å². The van der Waals surface area contributed by atoms with Gasteiger partial charge >= 0.3 is 0 Å². The molecule has 5 nitrogen and oxygen atoms in total. The molecule has 0 heterocycles. The third-order valence-electron chi connectivity index (χ3n) is 4.68. The van der Waals surface area contributed by atoms with Crippen molar-refractivity contribution < 1.29 is 23.7 Å². The van der Waals surface area contributed by atoms with E-state index in [1.807, 2.05) is 0 Å². The molecule has 0 spiro atoms.